The van der Waals surface area contributed by atoms with Gasteiger partial charge in [0, 0.05) is 39.4 Å². The molecule has 0 aliphatic carbocycles. The molecule has 22 heavy (non-hydrogen) atoms. The Kier molecular flexibility index (Phi) is 3.87. The Morgan fingerprint density at radius 1 is 1.23 bits per heavy atom. The lowest BCUT2D eigenvalue weighted by molar-refractivity contribution is -0.134. The van der Waals surface area contributed by atoms with Crippen LogP contribution in [-0.4, -0.2) is 63.8 Å². The van der Waals surface area contributed by atoms with Crippen molar-refractivity contribution in [3.63, 3.8) is 0 Å². The number of hydrogen-bond donors (Lipinski definition) is 0. The minimum absolute atomic E-state index is 0.0446. The van der Waals surface area contributed by atoms with E-state index in [0.717, 1.165) is 25.3 Å². The molecule has 1 spiro atoms. The summed E-state index contributed by atoms with van der Waals surface area (Å²) in [6.45, 7) is 4.92. The van der Waals surface area contributed by atoms with E-state index in [1.54, 1.807) is 18.1 Å². The standard InChI is InChI=1S/C16H22N4O2/c1-3-20-15(22)18(2)14(21)16(20)7-10-19(11-8-16)12-13-6-4-5-9-17-13/h4-6,9H,3,7-8,10-12H2,1-2H3. The maximum atomic E-state index is 12.6. The zero-order chi connectivity index (χ0) is 15.7. The Morgan fingerprint density at radius 3 is 2.55 bits per heavy atom. The third-order valence-electron chi connectivity index (χ3n) is 4.85. The molecular weight excluding hydrogens is 280 g/mol. The topological polar surface area (TPSA) is 56.8 Å². The number of hydrogen-bond acceptors (Lipinski definition) is 4. The van der Waals surface area contributed by atoms with Crippen LogP contribution in [0.5, 0.6) is 0 Å². The van der Waals surface area contributed by atoms with Gasteiger partial charge < -0.3 is 4.90 Å². The molecule has 1 aromatic heterocycles. The Balaban J connectivity index is 1.70. The summed E-state index contributed by atoms with van der Waals surface area (Å²) in [6.07, 6.45) is 3.19. The lowest BCUT2D eigenvalue weighted by Gasteiger charge is -2.41. The highest BCUT2D eigenvalue weighted by molar-refractivity contribution is 6.06. The molecule has 0 saturated carbocycles. The van der Waals surface area contributed by atoms with E-state index in [-0.39, 0.29) is 11.9 Å². The molecule has 0 radical (unpaired) electrons. The van der Waals surface area contributed by atoms with E-state index in [0.29, 0.717) is 19.4 Å². The van der Waals surface area contributed by atoms with Crippen molar-refractivity contribution in [2.45, 2.75) is 31.8 Å². The summed E-state index contributed by atoms with van der Waals surface area (Å²) in [7, 11) is 1.59. The van der Waals surface area contributed by atoms with E-state index < -0.39 is 5.54 Å². The van der Waals surface area contributed by atoms with Gasteiger partial charge in [-0.2, -0.15) is 0 Å². The maximum Gasteiger partial charge on any atom is 0.327 e. The molecule has 3 rings (SSSR count). The molecule has 6 nitrogen and oxygen atoms in total. The van der Waals surface area contributed by atoms with Crippen molar-refractivity contribution >= 4 is 11.9 Å². The highest BCUT2D eigenvalue weighted by atomic mass is 16.2. The number of rotatable bonds is 3. The van der Waals surface area contributed by atoms with Gasteiger partial charge in [0.25, 0.3) is 5.91 Å². The second-order valence-electron chi connectivity index (χ2n) is 6.02. The van der Waals surface area contributed by atoms with Gasteiger partial charge in [-0.3, -0.25) is 19.6 Å². The number of imide groups is 1. The fourth-order valence-electron chi connectivity index (χ4n) is 3.60. The van der Waals surface area contributed by atoms with Crippen LogP contribution in [0.1, 0.15) is 25.5 Å². The van der Waals surface area contributed by atoms with Crippen molar-refractivity contribution in [3.05, 3.63) is 30.1 Å². The normalized spacial score (nSPS) is 21.9. The van der Waals surface area contributed by atoms with Gasteiger partial charge in [-0.15, -0.1) is 0 Å². The molecule has 3 heterocycles. The molecule has 2 aliphatic rings. The fraction of sp³-hybridized carbons (Fsp3) is 0.562. The van der Waals surface area contributed by atoms with E-state index in [1.165, 1.54) is 4.90 Å². The molecule has 118 valence electrons. The van der Waals surface area contributed by atoms with Crippen LogP contribution < -0.4 is 0 Å². The molecule has 6 heteroatoms. The Morgan fingerprint density at radius 2 is 1.95 bits per heavy atom. The van der Waals surface area contributed by atoms with Crippen molar-refractivity contribution in [2.24, 2.45) is 0 Å². The van der Waals surface area contributed by atoms with E-state index in [1.807, 2.05) is 25.1 Å². The first-order valence-electron chi connectivity index (χ1n) is 7.80. The highest BCUT2D eigenvalue weighted by Gasteiger charge is 2.56. The van der Waals surface area contributed by atoms with Gasteiger partial charge in [0.15, 0.2) is 0 Å². The largest absolute Gasteiger partial charge is 0.327 e. The van der Waals surface area contributed by atoms with E-state index in [2.05, 4.69) is 9.88 Å². The van der Waals surface area contributed by atoms with Gasteiger partial charge in [-0.1, -0.05) is 6.07 Å². The van der Waals surface area contributed by atoms with Crippen LogP contribution in [0, 0.1) is 0 Å². The molecular formula is C16H22N4O2. The van der Waals surface area contributed by atoms with Gasteiger partial charge in [0.1, 0.15) is 5.54 Å². The summed E-state index contributed by atoms with van der Waals surface area (Å²) < 4.78 is 0. The number of likely N-dealkylation sites (N-methyl/N-ethyl adjacent to an activating group) is 2. The third kappa shape index (κ3) is 2.27. The van der Waals surface area contributed by atoms with E-state index in [9.17, 15) is 9.59 Å². The molecule has 0 bridgehead atoms. The number of carbonyl (C=O) groups is 2. The second-order valence-corrected chi connectivity index (χ2v) is 6.02. The monoisotopic (exact) mass is 302 g/mol. The minimum Gasteiger partial charge on any atom is -0.310 e. The van der Waals surface area contributed by atoms with Crippen LogP contribution in [0.3, 0.4) is 0 Å². The predicted octanol–water partition coefficient (Wildman–Crippen LogP) is 1.33. The lowest BCUT2D eigenvalue weighted by atomic mass is 9.86. The first-order valence-corrected chi connectivity index (χ1v) is 7.80. The summed E-state index contributed by atoms with van der Waals surface area (Å²) in [5, 5.41) is 0. The average Bonchev–Trinajstić information content (AvgIpc) is 2.72. The highest BCUT2D eigenvalue weighted by Crippen LogP contribution is 2.36. The smallest absolute Gasteiger partial charge is 0.310 e. The summed E-state index contributed by atoms with van der Waals surface area (Å²) in [5.74, 6) is -0.0446. The van der Waals surface area contributed by atoms with Crippen LogP contribution >= 0.6 is 0 Å². The average molecular weight is 302 g/mol. The number of likely N-dealkylation sites (tertiary alicyclic amines) is 1. The zero-order valence-electron chi connectivity index (χ0n) is 13.2. The molecule has 2 aliphatic heterocycles. The lowest BCUT2D eigenvalue weighted by Crippen LogP contribution is -2.56. The van der Waals surface area contributed by atoms with Crippen molar-refractivity contribution < 1.29 is 9.59 Å². The minimum atomic E-state index is -0.624. The maximum absolute atomic E-state index is 12.6. The third-order valence-corrected chi connectivity index (χ3v) is 4.85. The van der Waals surface area contributed by atoms with Crippen LogP contribution in [0.4, 0.5) is 4.79 Å². The van der Waals surface area contributed by atoms with Crippen LogP contribution in [0.2, 0.25) is 0 Å². The van der Waals surface area contributed by atoms with E-state index >= 15 is 0 Å². The Hall–Kier alpha value is -1.95. The number of amides is 3. The van der Waals surface area contributed by atoms with Crippen molar-refractivity contribution in [1.29, 1.82) is 0 Å². The molecule has 3 amide bonds. The van der Waals surface area contributed by atoms with E-state index in [4.69, 9.17) is 0 Å². The number of urea groups is 1. The summed E-state index contributed by atoms with van der Waals surface area (Å²) >= 11 is 0. The van der Waals surface area contributed by atoms with Gasteiger partial charge >= 0.3 is 6.03 Å². The number of aromatic nitrogens is 1. The molecule has 0 atom stereocenters. The molecule has 0 N–H and O–H groups in total. The van der Waals surface area contributed by atoms with Crippen LogP contribution in [0.25, 0.3) is 0 Å². The Bertz CT molecular complexity index is 567. The zero-order valence-corrected chi connectivity index (χ0v) is 13.2. The molecule has 2 saturated heterocycles. The number of nitrogens with zero attached hydrogens (tertiary/aromatic N) is 4. The van der Waals surface area contributed by atoms with Crippen molar-refractivity contribution in [2.75, 3.05) is 26.7 Å². The van der Waals surface area contributed by atoms with Crippen LogP contribution in [0.15, 0.2) is 24.4 Å². The molecule has 0 unspecified atom stereocenters. The van der Waals surface area contributed by atoms with Gasteiger partial charge in [-0.25, -0.2) is 4.79 Å². The molecule has 1 aromatic rings. The summed E-state index contributed by atoms with van der Waals surface area (Å²) in [5.41, 5.74) is 0.415. The SMILES string of the molecule is CCN1C(=O)N(C)C(=O)C12CCN(Cc1ccccn1)CC2. The predicted molar refractivity (Wildman–Crippen MR) is 82.0 cm³/mol. The Labute approximate surface area is 130 Å². The van der Waals surface area contributed by atoms with Gasteiger partial charge in [0.05, 0.1) is 5.69 Å². The molecule has 2 fully saturated rings. The number of piperidine rings is 1. The van der Waals surface area contributed by atoms with Crippen molar-refractivity contribution in [1.82, 2.24) is 19.7 Å². The van der Waals surface area contributed by atoms with Crippen LogP contribution in [-0.2, 0) is 11.3 Å². The number of pyridine rings is 1. The summed E-state index contributed by atoms with van der Waals surface area (Å²) in [6, 6.07) is 5.75. The quantitative estimate of drug-likeness (QED) is 0.791. The summed E-state index contributed by atoms with van der Waals surface area (Å²) in [4.78, 5) is 34.4. The fourth-order valence-corrected chi connectivity index (χ4v) is 3.60. The molecule has 0 aromatic carbocycles. The first kappa shape index (κ1) is 15.0. The number of carbonyl (C=O) groups excluding carboxylic acids is 2. The van der Waals surface area contributed by atoms with Gasteiger partial charge in [-0.05, 0) is 31.9 Å². The van der Waals surface area contributed by atoms with Crippen molar-refractivity contribution in [3.8, 4) is 0 Å². The second kappa shape index (κ2) is 5.68. The van der Waals surface area contributed by atoms with Gasteiger partial charge in [0.2, 0.25) is 0 Å². The first-order chi connectivity index (χ1) is 10.6.